The van der Waals surface area contributed by atoms with Gasteiger partial charge in [-0.05, 0) is 24.6 Å². The summed E-state index contributed by atoms with van der Waals surface area (Å²) in [5, 5.41) is 5.73. The minimum absolute atomic E-state index is 0.156. The van der Waals surface area contributed by atoms with E-state index in [4.69, 9.17) is 39.5 Å². The van der Waals surface area contributed by atoms with E-state index < -0.39 is 38.6 Å². The number of alkyl halides is 3. The number of nitrogens with one attached hydrogen (secondary N) is 2. The molecule has 0 saturated carbocycles. The number of esters is 1. The maximum atomic E-state index is 13.1. The van der Waals surface area contributed by atoms with Crippen LogP contribution in [0.25, 0.3) is 0 Å². The molecule has 35 heavy (non-hydrogen) atoms. The zero-order chi connectivity index (χ0) is 25.2. The lowest BCUT2D eigenvalue weighted by Crippen LogP contribution is -2.71. The number of fused-ring (bicyclic) bond motifs is 1. The molecule has 0 aromatic heterocycles. The van der Waals surface area contributed by atoms with Crippen molar-refractivity contribution >= 4 is 70.0 Å². The molecule has 2 aromatic rings. The molecule has 2 heterocycles. The SMILES string of the molecule is CC1(CNc2ccccc2)SC2C(NC(=O)Cc3ccccc3)C(=O)N2C1C(=O)OCC(Cl)(Cl)Cl. The number of ether oxygens (including phenoxy) is 1. The fourth-order valence-corrected chi connectivity index (χ4v) is 6.09. The maximum Gasteiger partial charge on any atom is 0.330 e. The normalized spacial score (nSPS) is 25.4. The molecule has 0 bridgehead atoms. The van der Waals surface area contributed by atoms with Crippen molar-refractivity contribution in [3.05, 3.63) is 66.2 Å². The van der Waals surface area contributed by atoms with Gasteiger partial charge in [0.1, 0.15) is 24.1 Å². The van der Waals surface area contributed by atoms with Gasteiger partial charge in [0.25, 0.3) is 0 Å². The quantitative estimate of drug-likeness (QED) is 0.292. The number of carbonyl (C=O) groups excluding carboxylic acids is 3. The lowest BCUT2D eigenvalue weighted by atomic mass is 9.94. The van der Waals surface area contributed by atoms with E-state index in [1.54, 1.807) is 0 Å². The highest BCUT2D eigenvalue weighted by Gasteiger charge is 2.66. The molecule has 2 N–H and O–H groups in total. The summed E-state index contributed by atoms with van der Waals surface area (Å²) in [7, 11) is 0. The Kier molecular flexibility index (Phi) is 7.76. The van der Waals surface area contributed by atoms with Gasteiger partial charge in [0.05, 0.1) is 11.2 Å². The van der Waals surface area contributed by atoms with E-state index in [9.17, 15) is 14.4 Å². The van der Waals surface area contributed by atoms with Crippen LogP contribution in [0.3, 0.4) is 0 Å². The van der Waals surface area contributed by atoms with Crippen LogP contribution in [0.1, 0.15) is 12.5 Å². The number of thioether (sulfide) groups is 1. The van der Waals surface area contributed by atoms with Crippen LogP contribution < -0.4 is 10.6 Å². The van der Waals surface area contributed by atoms with Gasteiger partial charge in [0, 0.05) is 12.2 Å². The number of nitrogens with zero attached hydrogens (tertiary/aromatic N) is 1. The lowest BCUT2D eigenvalue weighted by molar-refractivity contribution is -0.164. The van der Waals surface area contributed by atoms with Gasteiger partial charge in [0.15, 0.2) is 0 Å². The molecule has 2 aliphatic rings. The van der Waals surface area contributed by atoms with Crippen LogP contribution in [0.2, 0.25) is 0 Å². The second kappa shape index (κ2) is 10.5. The van der Waals surface area contributed by atoms with E-state index in [0.717, 1.165) is 11.3 Å². The van der Waals surface area contributed by atoms with Crippen LogP contribution in [0.5, 0.6) is 0 Å². The molecule has 186 valence electrons. The highest BCUT2D eigenvalue weighted by molar-refractivity contribution is 8.01. The summed E-state index contributed by atoms with van der Waals surface area (Å²) in [6.45, 7) is 1.80. The van der Waals surface area contributed by atoms with Crippen molar-refractivity contribution in [1.82, 2.24) is 10.2 Å². The van der Waals surface area contributed by atoms with Crippen LogP contribution in [0.4, 0.5) is 5.69 Å². The van der Waals surface area contributed by atoms with E-state index in [1.165, 1.54) is 16.7 Å². The molecule has 0 spiro atoms. The van der Waals surface area contributed by atoms with Gasteiger partial charge in [-0.15, -0.1) is 11.8 Å². The minimum Gasteiger partial charge on any atom is -0.460 e. The minimum atomic E-state index is -1.77. The summed E-state index contributed by atoms with van der Waals surface area (Å²) < 4.78 is 2.74. The Morgan fingerprint density at radius 3 is 2.34 bits per heavy atom. The van der Waals surface area contributed by atoms with Gasteiger partial charge < -0.3 is 20.3 Å². The van der Waals surface area contributed by atoms with E-state index in [0.29, 0.717) is 6.54 Å². The van der Waals surface area contributed by atoms with E-state index in [-0.39, 0.29) is 18.2 Å². The van der Waals surface area contributed by atoms with Crippen molar-refractivity contribution in [1.29, 1.82) is 0 Å². The molecular weight excluding hydrogens is 533 g/mol. The summed E-state index contributed by atoms with van der Waals surface area (Å²) in [4.78, 5) is 40.3. The van der Waals surface area contributed by atoms with Gasteiger partial charge in [-0.2, -0.15) is 0 Å². The first-order valence-electron chi connectivity index (χ1n) is 10.9. The van der Waals surface area contributed by atoms with Crippen LogP contribution >= 0.6 is 46.6 Å². The fraction of sp³-hybridized carbons (Fsp3) is 0.375. The second-order valence-electron chi connectivity index (χ2n) is 8.62. The zero-order valence-electron chi connectivity index (χ0n) is 18.7. The number of amides is 2. The number of rotatable bonds is 8. The molecule has 2 aliphatic heterocycles. The third-order valence-corrected chi connectivity index (χ3v) is 7.84. The second-order valence-corrected chi connectivity index (χ2v) is 12.8. The fourth-order valence-electron chi connectivity index (χ4n) is 4.23. The highest BCUT2D eigenvalue weighted by Crippen LogP contribution is 2.51. The predicted molar refractivity (Wildman–Crippen MR) is 139 cm³/mol. The van der Waals surface area contributed by atoms with Crippen LogP contribution in [-0.4, -0.2) is 61.8 Å². The Bertz CT molecular complexity index is 1090. The number of β-lactam (4-membered cyclic amide) rings is 1. The van der Waals surface area contributed by atoms with Gasteiger partial charge >= 0.3 is 5.97 Å². The van der Waals surface area contributed by atoms with Crippen molar-refractivity contribution < 1.29 is 19.1 Å². The average Bonchev–Trinajstić information content (AvgIpc) is 3.10. The monoisotopic (exact) mass is 555 g/mol. The Morgan fingerprint density at radius 1 is 1.09 bits per heavy atom. The first-order valence-corrected chi connectivity index (χ1v) is 12.9. The first kappa shape index (κ1) is 25.9. The molecule has 2 aromatic carbocycles. The summed E-state index contributed by atoms with van der Waals surface area (Å²) in [6.07, 6.45) is 0.156. The first-order chi connectivity index (χ1) is 16.6. The van der Waals surface area contributed by atoms with E-state index in [2.05, 4.69) is 10.6 Å². The Balaban J connectivity index is 1.49. The summed E-state index contributed by atoms with van der Waals surface area (Å²) in [5.41, 5.74) is 1.72. The number of para-hydroxylation sites is 1. The van der Waals surface area contributed by atoms with Crippen LogP contribution in [-0.2, 0) is 25.5 Å². The number of halogens is 3. The van der Waals surface area contributed by atoms with Crippen molar-refractivity contribution in [3.8, 4) is 0 Å². The molecule has 4 atom stereocenters. The Labute approximate surface area is 222 Å². The van der Waals surface area contributed by atoms with Crippen molar-refractivity contribution in [3.63, 3.8) is 0 Å². The number of carbonyl (C=O) groups is 3. The molecule has 2 fully saturated rings. The third kappa shape index (κ3) is 6.00. The topological polar surface area (TPSA) is 87.7 Å². The summed E-state index contributed by atoms with van der Waals surface area (Å²) in [6, 6.07) is 17.1. The Morgan fingerprint density at radius 2 is 1.71 bits per heavy atom. The highest BCUT2D eigenvalue weighted by atomic mass is 35.6. The van der Waals surface area contributed by atoms with Gasteiger partial charge in [-0.3, -0.25) is 9.59 Å². The largest absolute Gasteiger partial charge is 0.460 e. The Hall–Kier alpha value is -2.13. The van der Waals surface area contributed by atoms with Crippen molar-refractivity contribution in [2.75, 3.05) is 18.5 Å². The predicted octanol–water partition coefficient (Wildman–Crippen LogP) is 3.78. The molecule has 11 heteroatoms. The van der Waals surface area contributed by atoms with Gasteiger partial charge in [-0.25, -0.2) is 4.79 Å². The van der Waals surface area contributed by atoms with E-state index in [1.807, 2.05) is 67.6 Å². The molecule has 7 nitrogen and oxygen atoms in total. The zero-order valence-corrected chi connectivity index (χ0v) is 21.8. The number of benzene rings is 2. The lowest BCUT2D eigenvalue weighted by Gasteiger charge is -2.44. The van der Waals surface area contributed by atoms with E-state index >= 15 is 0 Å². The molecular formula is C24H24Cl3N3O4S. The average molecular weight is 557 g/mol. The summed E-state index contributed by atoms with van der Waals surface area (Å²) in [5.74, 6) is -1.27. The smallest absolute Gasteiger partial charge is 0.330 e. The molecule has 2 saturated heterocycles. The molecule has 0 aliphatic carbocycles. The molecule has 4 unspecified atom stereocenters. The third-order valence-electron chi connectivity index (χ3n) is 5.87. The molecule has 4 rings (SSSR count). The van der Waals surface area contributed by atoms with Gasteiger partial charge in [0.2, 0.25) is 15.6 Å². The van der Waals surface area contributed by atoms with Crippen LogP contribution in [0.15, 0.2) is 60.7 Å². The molecule has 2 amide bonds. The van der Waals surface area contributed by atoms with Crippen molar-refractivity contribution in [2.24, 2.45) is 0 Å². The number of hydrogen-bond acceptors (Lipinski definition) is 6. The van der Waals surface area contributed by atoms with Gasteiger partial charge in [-0.1, -0.05) is 83.3 Å². The maximum absolute atomic E-state index is 13.1. The standard InChI is InChI=1S/C24H24Cl3N3O4S/c1-23(13-28-16-10-6-3-7-11-16)19(22(33)34-14-24(25,26)27)30-20(32)18(21(30)35-23)29-17(31)12-15-8-4-2-5-9-15/h2-11,18-19,21,28H,12-14H2,1H3,(H,29,31). The van der Waals surface area contributed by atoms with Crippen LogP contribution in [0, 0.1) is 0 Å². The number of hydrogen-bond donors (Lipinski definition) is 2. The summed E-state index contributed by atoms with van der Waals surface area (Å²) >= 11 is 18.7. The number of anilines is 1. The van der Waals surface area contributed by atoms with Crippen molar-refractivity contribution in [2.45, 2.75) is 39.3 Å². The molecule has 0 radical (unpaired) electrons.